The predicted molar refractivity (Wildman–Crippen MR) is 53.4 cm³/mol. The molecule has 0 aromatic carbocycles. The van der Waals surface area contributed by atoms with Gasteiger partial charge in [-0.3, -0.25) is 19.3 Å². The molecule has 18 heavy (non-hydrogen) atoms. The van der Waals surface area contributed by atoms with E-state index in [4.69, 9.17) is 11.5 Å². The highest BCUT2D eigenvalue weighted by atomic mass is 17.2. The average molecular weight is 258 g/mol. The van der Waals surface area contributed by atoms with E-state index in [9.17, 15) is 19.2 Å². The van der Waals surface area contributed by atoms with Crippen LogP contribution in [0.3, 0.4) is 0 Å². The van der Waals surface area contributed by atoms with E-state index in [1.807, 2.05) is 5.92 Å². The molecule has 0 spiro atoms. The molecular weight excluding hydrogens is 248 g/mol. The Hall–Kier alpha value is -2.56. The third-order valence-corrected chi connectivity index (χ3v) is 1.65. The van der Waals surface area contributed by atoms with Gasteiger partial charge in [-0.1, -0.05) is 5.92 Å². The third-order valence-electron chi connectivity index (χ3n) is 1.65. The van der Waals surface area contributed by atoms with E-state index in [-0.39, 0.29) is 13.1 Å². The first kappa shape index (κ1) is 15.4. The second-order valence-electron chi connectivity index (χ2n) is 2.96. The Bertz CT molecular complexity index is 367. The number of carbonyl (C=O) groups is 4. The molecule has 0 aliphatic rings. The van der Waals surface area contributed by atoms with Crippen LogP contribution in [0.15, 0.2) is 0 Å². The molecule has 0 aromatic rings. The van der Waals surface area contributed by atoms with Gasteiger partial charge in [-0.2, -0.15) is 0 Å². The fraction of sp³-hybridized carbons (Fsp3) is 0.400. The van der Waals surface area contributed by atoms with Crippen LogP contribution >= 0.6 is 0 Å². The molecule has 0 saturated carbocycles. The number of hydrogen-bond acceptors (Lipinski definition) is 7. The fourth-order valence-corrected chi connectivity index (χ4v) is 0.967. The average Bonchev–Trinajstić information content (AvgIpc) is 2.32. The van der Waals surface area contributed by atoms with Crippen molar-refractivity contribution in [3.05, 3.63) is 0 Å². The molecule has 0 bridgehead atoms. The molecule has 0 radical (unpaired) electrons. The van der Waals surface area contributed by atoms with E-state index in [2.05, 4.69) is 14.5 Å². The molecule has 0 aliphatic heterocycles. The molecule has 0 rings (SSSR count). The van der Waals surface area contributed by atoms with E-state index in [1.165, 1.54) is 0 Å². The topological polar surface area (TPSA) is 116 Å². The predicted octanol–water partition coefficient (Wildman–Crippen LogP) is -0.725. The quantitative estimate of drug-likeness (QED) is 0.199. The highest BCUT2D eigenvalue weighted by Crippen LogP contribution is 2.12. The fourth-order valence-electron chi connectivity index (χ4n) is 0.967. The lowest BCUT2D eigenvalue weighted by atomic mass is 10.0. The minimum Gasteiger partial charge on any atom is -0.481 e. The molecule has 0 aromatic heterocycles. The van der Waals surface area contributed by atoms with Crippen LogP contribution < -0.4 is 0 Å². The lowest BCUT2D eigenvalue weighted by Crippen LogP contribution is -2.24. The van der Waals surface area contributed by atoms with Crippen LogP contribution in [0, 0.1) is 18.3 Å². The van der Waals surface area contributed by atoms with Gasteiger partial charge in [0.15, 0.2) is 6.61 Å². The van der Waals surface area contributed by atoms with Gasteiger partial charge in [0.05, 0.1) is 18.8 Å². The van der Waals surface area contributed by atoms with Crippen LogP contribution in [-0.4, -0.2) is 36.1 Å². The standard InChI is InChI=1S/C10H10O8/c1-2-3-16-9(14)5-7(4-8(12)13)10(15)18-17-6-11/h1,6-7H,3-5H2,(H,12,13). The lowest BCUT2D eigenvalue weighted by molar-refractivity contribution is -0.252. The molecule has 0 heterocycles. The molecule has 1 N–H and O–H groups in total. The first-order valence-electron chi connectivity index (χ1n) is 4.63. The number of rotatable bonds is 8. The van der Waals surface area contributed by atoms with Crippen LogP contribution in [0.25, 0.3) is 0 Å². The summed E-state index contributed by atoms with van der Waals surface area (Å²) in [5.41, 5.74) is 0. The number of aliphatic carboxylic acids is 1. The normalized spacial score (nSPS) is 10.6. The number of ether oxygens (including phenoxy) is 1. The zero-order valence-corrected chi connectivity index (χ0v) is 9.16. The van der Waals surface area contributed by atoms with Crippen molar-refractivity contribution in [3.8, 4) is 12.3 Å². The maximum absolute atomic E-state index is 11.2. The van der Waals surface area contributed by atoms with E-state index in [1.54, 1.807) is 0 Å². The molecule has 8 nitrogen and oxygen atoms in total. The minimum absolute atomic E-state index is 0.160. The Morgan fingerprint density at radius 3 is 2.50 bits per heavy atom. The number of carbonyl (C=O) groups excluding carboxylic acids is 3. The van der Waals surface area contributed by atoms with Gasteiger partial charge in [-0.15, -0.1) is 6.42 Å². The zero-order chi connectivity index (χ0) is 14.0. The Kier molecular flexibility index (Phi) is 7.36. The molecule has 0 amide bonds. The summed E-state index contributed by atoms with van der Waals surface area (Å²) in [4.78, 5) is 50.3. The maximum Gasteiger partial charge on any atom is 0.359 e. The van der Waals surface area contributed by atoms with Crippen molar-refractivity contribution in [2.24, 2.45) is 5.92 Å². The molecule has 1 atom stereocenters. The molecular formula is C10H10O8. The number of hydrogen-bond donors (Lipinski definition) is 1. The van der Waals surface area contributed by atoms with Gasteiger partial charge in [0, 0.05) is 0 Å². The van der Waals surface area contributed by atoms with Crippen molar-refractivity contribution < 1.29 is 38.8 Å². The largest absolute Gasteiger partial charge is 0.481 e. The minimum atomic E-state index is -1.33. The Labute approximate surface area is 102 Å². The number of esters is 1. The van der Waals surface area contributed by atoms with Crippen LogP contribution in [0.5, 0.6) is 0 Å². The van der Waals surface area contributed by atoms with E-state index in [0.717, 1.165) is 0 Å². The van der Waals surface area contributed by atoms with Gasteiger partial charge >= 0.3 is 24.4 Å². The summed E-state index contributed by atoms with van der Waals surface area (Å²) in [7, 11) is 0. The lowest BCUT2D eigenvalue weighted by Gasteiger charge is -2.10. The van der Waals surface area contributed by atoms with Crippen molar-refractivity contribution >= 4 is 24.4 Å². The highest BCUT2D eigenvalue weighted by Gasteiger charge is 2.28. The Morgan fingerprint density at radius 1 is 1.33 bits per heavy atom. The van der Waals surface area contributed by atoms with E-state index >= 15 is 0 Å². The number of terminal acetylenes is 1. The van der Waals surface area contributed by atoms with Crippen molar-refractivity contribution in [2.45, 2.75) is 12.8 Å². The molecule has 0 aliphatic carbocycles. The van der Waals surface area contributed by atoms with Gasteiger partial charge in [0.1, 0.15) is 0 Å². The summed E-state index contributed by atoms with van der Waals surface area (Å²) in [6.07, 6.45) is 3.62. The number of carboxylic acid groups (broad SMARTS) is 1. The first-order chi connectivity index (χ1) is 8.51. The SMILES string of the molecule is C#CCOC(=O)CC(CC(=O)O)C(=O)OOC=O. The van der Waals surface area contributed by atoms with Crippen LogP contribution in [0.4, 0.5) is 0 Å². The molecule has 8 heteroatoms. The monoisotopic (exact) mass is 258 g/mol. The molecule has 0 fully saturated rings. The second-order valence-corrected chi connectivity index (χ2v) is 2.96. The maximum atomic E-state index is 11.2. The second kappa shape index (κ2) is 8.58. The van der Waals surface area contributed by atoms with E-state index in [0.29, 0.717) is 0 Å². The zero-order valence-electron chi connectivity index (χ0n) is 9.16. The highest BCUT2D eigenvalue weighted by molar-refractivity contribution is 5.83. The summed E-state index contributed by atoms with van der Waals surface area (Å²) >= 11 is 0. The van der Waals surface area contributed by atoms with Crippen molar-refractivity contribution in [1.82, 2.24) is 0 Å². The van der Waals surface area contributed by atoms with Gasteiger partial charge in [-0.25, -0.2) is 9.68 Å². The summed E-state index contributed by atoms with van der Waals surface area (Å²) in [6.45, 7) is -0.453. The van der Waals surface area contributed by atoms with Crippen LogP contribution in [-0.2, 0) is 33.7 Å². The van der Waals surface area contributed by atoms with Gasteiger partial charge in [0.2, 0.25) is 0 Å². The summed E-state index contributed by atoms with van der Waals surface area (Å²) < 4.78 is 4.47. The van der Waals surface area contributed by atoms with Crippen molar-refractivity contribution in [3.63, 3.8) is 0 Å². The molecule has 1 unspecified atom stereocenters. The number of carboxylic acids is 1. The smallest absolute Gasteiger partial charge is 0.359 e. The first-order valence-corrected chi connectivity index (χ1v) is 4.63. The summed E-state index contributed by atoms with van der Waals surface area (Å²) in [5, 5.41) is 8.54. The van der Waals surface area contributed by atoms with Crippen molar-refractivity contribution in [2.75, 3.05) is 6.61 Å². The van der Waals surface area contributed by atoms with Crippen molar-refractivity contribution in [1.29, 1.82) is 0 Å². The van der Waals surface area contributed by atoms with Gasteiger partial charge in [0.25, 0.3) is 0 Å². The van der Waals surface area contributed by atoms with Gasteiger partial charge < -0.3 is 9.84 Å². The Balaban J connectivity index is 4.43. The van der Waals surface area contributed by atoms with Crippen LogP contribution in [0.1, 0.15) is 12.8 Å². The molecule has 0 saturated heterocycles. The van der Waals surface area contributed by atoms with Crippen LogP contribution in [0.2, 0.25) is 0 Å². The van der Waals surface area contributed by atoms with Gasteiger partial charge in [-0.05, 0) is 0 Å². The summed E-state index contributed by atoms with van der Waals surface area (Å²) in [6, 6.07) is 0. The molecule has 98 valence electrons. The van der Waals surface area contributed by atoms with E-state index < -0.39 is 36.7 Å². The third kappa shape index (κ3) is 6.84. The Morgan fingerprint density at radius 2 is 2.00 bits per heavy atom. The summed E-state index contributed by atoms with van der Waals surface area (Å²) in [5.74, 6) is -2.65.